The van der Waals surface area contributed by atoms with Crippen molar-refractivity contribution in [2.45, 2.75) is 52.1 Å². The van der Waals surface area contributed by atoms with Crippen LogP contribution in [0.4, 0.5) is 0 Å². The normalized spacial score (nSPS) is 39.1. The van der Waals surface area contributed by atoms with E-state index in [1.54, 1.807) is 6.08 Å². The van der Waals surface area contributed by atoms with Gasteiger partial charge in [0.1, 0.15) is 0 Å². The molecule has 5 atom stereocenters. The average molecular weight is 354 g/mol. The number of rotatable bonds is 7. The highest BCUT2D eigenvalue weighted by atomic mass is 16.3. The van der Waals surface area contributed by atoms with Crippen LogP contribution in [0.15, 0.2) is 23.3 Å². The van der Waals surface area contributed by atoms with Gasteiger partial charge in [-0.3, -0.25) is 0 Å². The molecule has 144 valence electrons. The predicted octanol–water partition coefficient (Wildman–Crippen LogP) is 1.39. The number of hydrogen-bond donors (Lipinski definition) is 5. The zero-order chi connectivity index (χ0) is 18.7. The van der Waals surface area contributed by atoms with Gasteiger partial charge < -0.3 is 25.5 Å². The second-order valence-corrected chi connectivity index (χ2v) is 8.08. The Morgan fingerprint density at radius 2 is 2.00 bits per heavy atom. The second kappa shape index (κ2) is 8.31. The van der Waals surface area contributed by atoms with Crippen molar-refractivity contribution in [2.75, 3.05) is 26.4 Å². The molecular formula is C20H34O5. The summed E-state index contributed by atoms with van der Waals surface area (Å²) in [5.74, 6) is 0.337. The van der Waals surface area contributed by atoms with Crippen LogP contribution in [-0.4, -0.2) is 58.1 Å². The van der Waals surface area contributed by atoms with Crippen LogP contribution in [-0.2, 0) is 0 Å². The van der Waals surface area contributed by atoms with Crippen molar-refractivity contribution in [1.29, 1.82) is 0 Å². The van der Waals surface area contributed by atoms with Crippen LogP contribution in [0.25, 0.3) is 0 Å². The number of allylic oxidation sites excluding steroid dienone is 1. The van der Waals surface area contributed by atoms with Crippen molar-refractivity contribution < 1.29 is 25.5 Å². The molecule has 0 aromatic carbocycles. The van der Waals surface area contributed by atoms with E-state index in [-0.39, 0.29) is 43.7 Å². The van der Waals surface area contributed by atoms with Crippen molar-refractivity contribution in [3.8, 4) is 0 Å². The summed E-state index contributed by atoms with van der Waals surface area (Å²) in [5.41, 5.74) is 0.699. The summed E-state index contributed by atoms with van der Waals surface area (Å²) in [6.45, 7) is 3.92. The molecule has 0 radical (unpaired) electrons. The lowest BCUT2D eigenvalue weighted by Crippen LogP contribution is -2.60. The maximum Gasteiger partial charge on any atom is 0.0662 e. The van der Waals surface area contributed by atoms with Gasteiger partial charge in [-0.05, 0) is 60.5 Å². The smallest absolute Gasteiger partial charge is 0.0662 e. The SMILES string of the molecule is C[C@@H]1C[C@H](O)[C@@]2(CO)C(CO)=CCC[C@@H]2[C@@]1(C)CC/C(=C/CO)CO. The van der Waals surface area contributed by atoms with Gasteiger partial charge in [-0.15, -0.1) is 0 Å². The van der Waals surface area contributed by atoms with Crippen LogP contribution in [0.3, 0.4) is 0 Å². The standard InChI is InChI=1S/C20H34O5/c1-14-10-18(25)20(13-24)16(12-23)4-3-5-17(20)19(14,2)8-6-15(11-22)7-9-21/h4,7,14,17-18,21-25H,3,5-6,8-13H2,1-2H3/b15-7-/t14-,17-,18+,19+,20+/m1/s1. The van der Waals surface area contributed by atoms with E-state index in [9.17, 15) is 20.4 Å². The van der Waals surface area contributed by atoms with Gasteiger partial charge in [-0.2, -0.15) is 0 Å². The fourth-order valence-corrected chi connectivity index (χ4v) is 5.37. The summed E-state index contributed by atoms with van der Waals surface area (Å²) in [6.07, 6.45) is 6.79. The molecule has 0 aromatic heterocycles. The molecule has 0 bridgehead atoms. The van der Waals surface area contributed by atoms with Crippen LogP contribution in [0, 0.1) is 22.7 Å². The first-order valence-corrected chi connectivity index (χ1v) is 9.39. The Kier molecular flexibility index (Phi) is 6.85. The Labute approximate surface area is 150 Å². The van der Waals surface area contributed by atoms with Crippen molar-refractivity contribution in [1.82, 2.24) is 0 Å². The minimum atomic E-state index is -0.770. The van der Waals surface area contributed by atoms with E-state index in [2.05, 4.69) is 13.8 Å². The van der Waals surface area contributed by atoms with E-state index in [1.807, 2.05) is 6.08 Å². The summed E-state index contributed by atoms with van der Waals surface area (Å²) in [6, 6.07) is 0. The summed E-state index contributed by atoms with van der Waals surface area (Å²) < 4.78 is 0. The Balaban J connectivity index is 2.37. The molecule has 1 saturated carbocycles. The van der Waals surface area contributed by atoms with Gasteiger partial charge in [-0.25, -0.2) is 0 Å². The Bertz CT molecular complexity index is 514. The number of aliphatic hydroxyl groups excluding tert-OH is 5. The average Bonchev–Trinajstić information content (AvgIpc) is 2.62. The van der Waals surface area contributed by atoms with E-state index in [0.29, 0.717) is 12.8 Å². The third-order valence-corrected chi connectivity index (χ3v) is 7.16. The third kappa shape index (κ3) is 3.45. The highest BCUT2D eigenvalue weighted by Crippen LogP contribution is 2.61. The van der Waals surface area contributed by atoms with Crippen LogP contribution >= 0.6 is 0 Å². The van der Waals surface area contributed by atoms with Crippen LogP contribution < -0.4 is 0 Å². The van der Waals surface area contributed by atoms with Gasteiger partial charge in [0.15, 0.2) is 0 Å². The lowest BCUT2D eigenvalue weighted by atomic mass is 9.45. The van der Waals surface area contributed by atoms with Crippen molar-refractivity contribution in [3.63, 3.8) is 0 Å². The highest BCUT2D eigenvalue weighted by Gasteiger charge is 2.59. The topological polar surface area (TPSA) is 101 Å². The molecule has 5 heteroatoms. The lowest BCUT2D eigenvalue weighted by Gasteiger charge is -2.60. The molecule has 25 heavy (non-hydrogen) atoms. The summed E-state index contributed by atoms with van der Waals surface area (Å²) in [5, 5.41) is 49.6. The van der Waals surface area contributed by atoms with E-state index in [0.717, 1.165) is 30.4 Å². The van der Waals surface area contributed by atoms with Gasteiger partial charge in [0.05, 0.1) is 32.5 Å². The summed E-state index contributed by atoms with van der Waals surface area (Å²) in [7, 11) is 0. The van der Waals surface area contributed by atoms with E-state index in [1.165, 1.54) is 0 Å². The maximum atomic E-state index is 10.9. The maximum absolute atomic E-state index is 10.9. The fourth-order valence-electron chi connectivity index (χ4n) is 5.37. The number of aliphatic hydroxyl groups is 5. The molecule has 0 unspecified atom stereocenters. The molecular weight excluding hydrogens is 320 g/mol. The van der Waals surface area contributed by atoms with Gasteiger partial charge in [-0.1, -0.05) is 26.0 Å². The Hall–Kier alpha value is -0.720. The van der Waals surface area contributed by atoms with Gasteiger partial charge in [0.25, 0.3) is 0 Å². The van der Waals surface area contributed by atoms with Gasteiger partial charge in [0.2, 0.25) is 0 Å². The van der Waals surface area contributed by atoms with Crippen molar-refractivity contribution in [2.24, 2.45) is 22.7 Å². The number of hydrogen-bond acceptors (Lipinski definition) is 5. The molecule has 0 amide bonds. The number of fused-ring (bicyclic) bond motifs is 1. The lowest BCUT2D eigenvalue weighted by molar-refractivity contribution is -0.153. The molecule has 0 aromatic rings. The zero-order valence-electron chi connectivity index (χ0n) is 15.5. The molecule has 5 nitrogen and oxygen atoms in total. The molecule has 2 aliphatic rings. The second-order valence-electron chi connectivity index (χ2n) is 8.08. The fraction of sp³-hybridized carbons (Fsp3) is 0.800. The first-order chi connectivity index (χ1) is 11.9. The molecule has 0 spiro atoms. The van der Waals surface area contributed by atoms with Crippen molar-refractivity contribution in [3.05, 3.63) is 23.3 Å². The zero-order valence-corrected chi connectivity index (χ0v) is 15.5. The third-order valence-electron chi connectivity index (χ3n) is 7.16. The largest absolute Gasteiger partial charge is 0.395 e. The minimum absolute atomic E-state index is 0.0642. The van der Waals surface area contributed by atoms with Crippen LogP contribution in [0.2, 0.25) is 0 Å². The van der Waals surface area contributed by atoms with Crippen LogP contribution in [0.1, 0.15) is 46.0 Å². The van der Waals surface area contributed by atoms with Gasteiger partial charge >= 0.3 is 0 Å². The molecule has 2 rings (SSSR count). The van der Waals surface area contributed by atoms with E-state index in [4.69, 9.17) is 5.11 Å². The Morgan fingerprint density at radius 3 is 2.56 bits per heavy atom. The Morgan fingerprint density at radius 1 is 1.28 bits per heavy atom. The molecule has 0 heterocycles. The molecule has 1 fully saturated rings. The predicted molar refractivity (Wildman–Crippen MR) is 96.8 cm³/mol. The first kappa shape index (κ1) is 20.6. The molecule has 0 aliphatic heterocycles. The highest BCUT2D eigenvalue weighted by molar-refractivity contribution is 5.27. The van der Waals surface area contributed by atoms with Gasteiger partial charge in [0, 0.05) is 5.41 Å². The van der Waals surface area contributed by atoms with E-state index < -0.39 is 11.5 Å². The van der Waals surface area contributed by atoms with Crippen LogP contribution in [0.5, 0.6) is 0 Å². The monoisotopic (exact) mass is 354 g/mol. The van der Waals surface area contributed by atoms with Crippen molar-refractivity contribution >= 4 is 0 Å². The molecule has 2 aliphatic carbocycles. The first-order valence-electron chi connectivity index (χ1n) is 9.39. The van der Waals surface area contributed by atoms with E-state index >= 15 is 0 Å². The molecule has 0 saturated heterocycles. The summed E-state index contributed by atoms with van der Waals surface area (Å²) in [4.78, 5) is 0. The minimum Gasteiger partial charge on any atom is -0.395 e. The summed E-state index contributed by atoms with van der Waals surface area (Å²) >= 11 is 0. The molecule has 5 N–H and O–H groups in total. The quantitative estimate of drug-likeness (QED) is 0.445.